The molecule has 9 heteroatoms. The molecule has 0 N–H and O–H groups in total. The lowest BCUT2D eigenvalue weighted by Crippen LogP contribution is -2.59. The molecule has 3 rings (SSSR count). The predicted octanol–water partition coefficient (Wildman–Crippen LogP) is 2.66. The van der Waals surface area contributed by atoms with Crippen molar-refractivity contribution < 1.29 is 28.5 Å². The van der Waals surface area contributed by atoms with Gasteiger partial charge in [-0.1, -0.05) is 35.4 Å². The number of carbonyl (C=O) groups excluding carboxylic acids is 2. The summed E-state index contributed by atoms with van der Waals surface area (Å²) in [5.74, 6) is -1.26. The molecule has 1 saturated carbocycles. The Morgan fingerprint density at radius 2 is 1.81 bits per heavy atom. The van der Waals surface area contributed by atoms with Gasteiger partial charge in [-0.15, -0.1) is 0 Å². The van der Waals surface area contributed by atoms with Gasteiger partial charge in [-0.05, 0) is 12.0 Å². The van der Waals surface area contributed by atoms with Crippen LogP contribution >= 0.6 is 0 Å². The molecule has 9 nitrogen and oxygen atoms in total. The smallest absolute Gasteiger partial charge is 0.303 e. The second kappa shape index (κ2) is 8.39. The predicted molar refractivity (Wildman–Crippen MR) is 92.2 cm³/mol. The minimum absolute atomic E-state index is 0.170. The van der Waals surface area contributed by atoms with E-state index in [-0.39, 0.29) is 5.92 Å². The molecule has 1 saturated heterocycles. The van der Waals surface area contributed by atoms with E-state index in [2.05, 4.69) is 10.0 Å². The Morgan fingerprint density at radius 1 is 1.15 bits per heavy atom. The number of azide groups is 1. The minimum atomic E-state index is -0.918. The molecule has 1 heterocycles. The highest BCUT2D eigenvalue weighted by molar-refractivity contribution is 5.67. The molecule has 0 unspecified atom stereocenters. The molecular formula is C18H21N3O6. The van der Waals surface area contributed by atoms with Crippen molar-refractivity contribution in [3.63, 3.8) is 0 Å². The average Bonchev–Trinajstić information content (AvgIpc) is 2.64. The van der Waals surface area contributed by atoms with Crippen molar-refractivity contribution >= 4 is 11.9 Å². The monoisotopic (exact) mass is 375 g/mol. The van der Waals surface area contributed by atoms with Crippen LogP contribution in [0.3, 0.4) is 0 Å². The number of hydrogen-bond acceptors (Lipinski definition) is 7. The molecule has 1 aromatic carbocycles. The van der Waals surface area contributed by atoms with Crippen LogP contribution in [0.5, 0.6) is 0 Å². The van der Waals surface area contributed by atoms with Crippen LogP contribution in [-0.2, 0) is 28.5 Å². The molecule has 1 aromatic rings. The topological polar surface area (TPSA) is 120 Å². The molecule has 0 radical (unpaired) electrons. The molecular weight excluding hydrogens is 354 g/mol. The van der Waals surface area contributed by atoms with Crippen LogP contribution < -0.4 is 0 Å². The first kappa shape index (κ1) is 19.2. The quantitative estimate of drug-likeness (QED) is 0.345. The summed E-state index contributed by atoms with van der Waals surface area (Å²) in [7, 11) is 0. The number of hydrogen-bond donors (Lipinski definition) is 0. The third kappa shape index (κ3) is 4.39. The Labute approximate surface area is 156 Å². The minimum Gasteiger partial charge on any atom is -0.458 e. The highest BCUT2D eigenvalue weighted by atomic mass is 16.7. The first-order chi connectivity index (χ1) is 13.0. The fourth-order valence-corrected chi connectivity index (χ4v) is 3.62. The summed E-state index contributed by atoms with van der Waals surface area (Å²) < 4.78 is 22.7. The molecule has 0 aromatic heterocycles. The van der Waals surface area contributed by atoms with Gasteiger partial charge >= 0.3 is 11.9 Å². The van der Waals surface area contributed by atoms with E-state index in [1.807, 2.05) is 30.3 Å². The van der Waals surface area contributed by atoms with Gasteiger partial charge in [0.05, 0.1) is 12.6 Å². The highest BCUT2D eigenvalue weighted by Crippen LogP contribution is 2.40. The van der Waals surface area contributed by atoms with Crippen molar-refractivity contribution in [2.75, 3.05) is 6.61 Å². The third-order valence-electron chi connectivity index (χ3n) is 4.65. The van der Waals surface area contributed by atoms with Crippen LogP contribution in [-0.4, -0.2) is 42.9 Å². The number of rotatable bonds is 4. The molecule has 0 bridgehead atoms. The summed E-state index contributed by atoms with van der Waals surface area (Å²) in [4.78, 5) is 26.1. The molecule has 144 valence electrons. The molecule has 6 atom stereocenters. The van der Waals surface area contributed by atoms with E-state index in [1.165, 1.54) is 13.8 Å². The van der Waals surface area contributed by atoms with E-state index in [9.17, 15) is 9.59 Å². The van der Waals surface area contributed by atoms with Gasteiger partial charge in [-0.3, -0.25) is 9.59 Å². The van der Waals surface area contributed by atoms with Gasteiger partial charge in [-0.2, -0.15) is 0 Å². The van der Waals surface area contributed by atoms with Crippen molar-refractivity contribution in [2.45, 2.75) is 50.9 Å². The normalized spacial score (nSPS) is 32.5. The van der Waals surface area contributed by atoms with Crippen molar-refractivity contribution in [1.29, 1.82) is 0 Å². The molecule has 1 aliphatic heterocycles. The maximum atomic E-state index is 11.7. The van der Waals surface area contributed by atoms with E-state index >= 15 is 0 Å². The summed E-state index contributed by atoms with van der Waals surface area (Å²) in [6.07, 6.45) is -2.60. The van der Waals surface area contributed by atoms with Crippen LogP contribution in [0, 0.1) is 5.92 Å². The maximum Gasteiger partial charge on any atom is 0.303 e. The lowest BCUT2D eigenvalue weighted by atomic mass is 9.79. The largest absolute Gasteiger partial charge is 0.458 e. The zero-order valence-electron chi connectivity index (χ0n) is 15.1. The fraction of sp³-hybridized carbons (Fsp3) is 0.556. The molecule has 2 aliphatic rings. The summed E-state index contributed by atoms with van der Waals surface area (Å²) in [5, 5.41) is 3.74. The Morgan fingerprint density at radius 3 is 2.44 bits per heavy atom. The lowest BCUT2D eigenvalue weighted by molar-refractivity contribution is -0.286. The first-order valence-electron chi connectivity index (χ1n) is 8.70. The summed E-state index contributed by atoms with van der Waals surface area (Å²) in [5.41, 5.74) is 9.71. The van der Waals surface area contributed by atoms with Gasteiger partial charge in [0.1, 0.15) is 12.2 Å². The van der Waals surface area contributed by atoms with E-state index in [4.69, 9.17) is 24.5 Å². The van der Waals surface area contributed by atoms with Crippen molar-refractivity contribution in [3.05, 3.63) is 46.3 Å². The van der Waals surface area contributed by atoms with E-state index in [0.29, 0.717) is 13.0 Å². The van der Waals surface area contributed by atoms with Gasteiger partial charge in [0, 0.05) is 30.2 Å². The number of benzene rings is 1. The van der Waals surface area contributed by atoms with E-state index in [1.54, 1.807) is 0 Å². The standard InChI is InChI=1S/C18H21N3O6/c1-10(22)25-16-14(20-21-19)8-13-9-24-18(12-6-4-3-5-7-12)27-15(13)17(16)26-11(2)23/h3-7,13-18H,8-9H2,1-2H3/t13-,14+,15-,16+,17+,18-/m1/s1. The lowest BCUT2D eigenvalue weighted by Gasteiger charge is -2.47. The molecule has 2 fully saturated rings. The number of nitrogens with zero attached hydrogens (tertiary/aromatic N) is 3. The second-order valence-corrected chi connectivity index (χ2v) is 6.59. The maximum absolute atomic E-state index is 11.7. The molecule has 0 spiro atoms. The summed E-state index contributed by atoms with van der Waals surface area (Å²) in [6.45, 7) is 2.86. The zero-order valence-corrected chi connectivity index (χ0v) is 15.1. The zero-order chi connectivity index (χ0) is 19.4. The Bertz CT molecular complexity index is 736. The van der Waals surface area contributed by atoms with Crippen LogP contribution in [0.25, 0.3) is 10.4 Å². The molecule has 27 heavy (non-hydrogen) atoms. The van der Waals surface area contributed by atoms with E-state index in [0.717, 1.165) is 5.56 Å². The SMILES string of the molecule is CC(=O)O[C@H]1[C@@H]2O[C@H](c3ccccc3)OC[C@H]2C[C@H](N=[N+]=[N-])[C@@H]1OC(C)=O. The summed E-state index contributed by atoms with van der Waals surface area (Å²) >= 11 is 0. The number of fused-ring (bicyclic) bond motifs is 1. The number of carbonyl (C=O) groups is 2. The highest BCUT2D eigenvalue weighted by Gasteiger charge is 2.52. The third-order valence-corrected chi connectivity index (χ3v) is 4.65. The van der Waals surface area contributed by atoms with Crippen LogP contribution in [0.1, 0.15) is 32.1 Å². The Hall–Kier alpha value is -2.61. The Kier molecular flexibility index (Phi) is 5.95. The fourth-order valence-electron chi connectivity index (χ4n) is 3.62. The molecule has 0 amide bonds. The van der Waals surface area contributed by atoms with Crippen molar-refractivity contribution in [3.8, 4) is 0 Å². The first-order valence-corrected chi connectivity index (χ1v) is 8.70. The van der Waals surface area contributed by atoms with Crippen molar-refractivity contribution in [1.82, 2.24) is 0 Å². The van der Waals surface area contributed by atoms with Gasteiger partial charge < -0.3 is 18.9 Å². The number of esters is 2. The average molecular weight is 375 g/mol. The van der Waals surface area contributed by atoms with Gasteiger partial charge in [0.15, 0.2) is 12.4 Å². The van der Waals surface area contributed by atoms with Gasteiger partial charge in [0.25, 0.3) is 0 Å². The molecule has 1 aliphatic carbocycles. The van der Waals surface area contributed by atoms with Crippen LogP contribution in [0.2, 0.25) is 0 Å². The summed E-state index contributed by atoms with van der Waals surface area (Å²) in [6, 6.07) is 8.71. The van der Waals surface area contributed by atoms with Gasteiger partial charge in [-0.25, -0.2) is 0 Å². The second-order valence-electron chi connectivity index (χ2n) is 6.59. The van der Waals surface area contributed by atoms with E-state index < -0.39 is 42.6 Å². The number of ether oxygens (including phenoxy) is 4. The van der Waals surface area contributed by atoms with Crippen LogP contribution in [0.4, 0.5) is 0 Å². The van der Waals surface area contributed by atoms with Crippen molar-refractivity contribution in [2.24, 2.45) is 11.0 Å². The van der Waals surface area contributed by atoms with Gasteiger partial charge in [0.2, 0.25) is 0 Å². The Balaban J connectivity index is 1.90. The van der Waals surface area contributed by atoms with Crippen LogP contribution in [0.15, 0.2) is 35.4 Å².